The van der Waals surface area contributed by atoms with Crippen LogP contribution in [0.15, 0.2) is 35.4 Å². The van der Waals surface area contributed by atoms with Gasteiger partial charge in [-0.1, -0.05) is 25.1 Å². The van der Waals surface area contributed by atoms with Crippen molar-refractivity contribution in [3.05, 3.63) is 41.7 Å². The minimum atomic E-state index is -3.14. The molecule has 0 fully saturated rings. The van der Waals surface area contributed by atoms with E-state index < -0.39 is 9.84 Å². The van der Waals surface area contributed by atoms with E-state index in [0.29, 0.717) is 11.3 Å². The lowest BCUT2D eigenvalue weighted by Gasteiger charge is -2.26. The summed E-state index contributed by atoms with van der Waals surface area (Å²) in [5.74, 6) is 0.184. The lowest BCUT2D eigenvalue weighted by atomic mass is 10.0. The Labute approximate surface area is 124 Å². The summed E-state index contributed by atoms with van der Waals surface area (Å²) in [4.78, 5) is 0.454. The van der Waals surface area contributed by atoms with Crippen LogP contribution in [0.4, 0.5) is 5.69 Å². The molecule has 0 aliphatic carbocycles. The second-order valence-electron chi connectivity index (χ2n) is 5.36. The molecule has 21 heavy (non-hydrogen) atoms. The first-order valence-electron chi connectivity index (χ1n) is 7.12. The predicted molar refractivity (Wildman–Crippen MR) is 82.1 cm³/mol. The fraction of sp³-hybridized carbons (Fsp3) is 0.400. The Morgan fingerprint density at radius 1 is 1.38 bits per heavy atom. The summed E-state index contributed by atoms with van der Waals surface area (Å²) in [6.45, 7) is 2.06. The molecular formula is C15H19N3O2S. The number of hydrogen-bond acceptors (Lipinski definition) is 4. The van der Waals surface area contributed by atoms with Crippen LogP contribution in [0.3, 0.4) is 0 Å². The normalized spacial score (nSPS) is 20.0. The van der Waals surface area contributed by atoms with Gasteiger partial charge in [0.05, 0.1) is 28.1 Å². The number of aromatic nitrogens is 2. The summed E-state index contributed by atoms with van der Waals surface area (Å²) in [5, 5.41) is 7.88. The minimum Gasteiger partial charge on any atom is -0.375 e. The van der Waals surface area contributed by atoms with Gasteiger partial charge in [-0.15, -0.1) is 0 Å². The molecule has 2 aromatic rings. The highest BCUT2D eigenvalue weighted by molar-refractivity contribution is 7.91. The van der Waals surface area contributed by atoms with Crippen LogP contribution in [0, 0.1) is 0 Å². The van der Waals surface area contributed by atoms with E-state index in [9.17, 15) is 8.42 Å². The second-order valence-corrected chi connectivity index (χ2v) is 7.44. The van der Waals surface area contributed by atoms with Gasteiger partial charge in [0.25, 0.3) is 0 Å². The minimum absolute atomic E-state index is 0.0132. The molecule has 2 heterocycles. The lowest BCUT2D eigenvalue weighted by Crippen LogP contribution is -2.24. The van der Waals surface area contributed by atoms with Crippen LogP contribution in [0.2, 0.25) is 0 Å². The highest BCUT2D eigenvalue weighted by Crippen LogP contribution is 2.34. The van der Waals surface area contributed by atoms with E-state index >= 15 is 0 Å². The van der Waals surface area contributed by atoms with Gasteiger partial charge in [0.15, 0.2) is 9.84 Å². The molecule has 1 aromatic heterocycles. The van der Waals surface area contributed by atoms with Crippen LogP contribution in [-0.4, -0.2) is 24.0 Å². The first-order chi connectivity index (χ1) is 10.0. The third kappa shape index (κ3) is 2.55. The van der Waals surface area contributed by atoms with E-state index in [1.54, 1.807) is 16.8 Å². The first-order valence-corrected chi connectivity index (χ1v) is 8.77. The van der Waals surface area contributed by atoms with Gasteiger partial charge in [-0.3, -0.25) is 4.68 Å². The monoisotopic (exact) mass is 305 g/mol. The van der Waals surface area contributed by atoms with Crippen LogP contribution in [-0.2, 0) is 23.3 Å². The molecule has 1 unspecified atom stereocenters. The molecule has 0 spiro atoms. The largest absolute Gasteiger partial charge is 0.375 e. The quantitative estimate of drug-likeness (QED) is 0.945. The molecule has 6 heteroatoms. The highest BCUT2D eigenvalue weighted by atomic mass is 32.2. The summed E-state index contributed by atoms with van der Waals surface area (Å²) in [7, 11) is -1.25. The molecule has 1 aliphatic rings. The van der Waals surface area contributed by atoms with Gasteiger partial charge in [0.2, 0.25) is 0 Å². The summed E-state index contributed by atoms with van der Waals surface area (Å²) in [6.07, 6.45) is 3.37. The molecule has 1 atom stereocenters. The van der Waals surface area contributed by atoms with Gasteiger partial charge in [-0.05, 0) is 24.5 Å². The van der Waals surface area contributed by atoms with E-state index in [4.69, 9.17) is 0 Å². The van der Waals surface area contributed by atoms with Crippen molar-refractivity contribution < 1.29 is 8.42 Å². The van der Waals surface area contributed by atoms with E-state index in [2.05, 4.69) is 17.3 Å². The van der Waals surface area contributed by atoms with Crippen molar-refractivity contribution in [1.29, 1.82) is 0 Å². The van der Waals surface area contributed by atoms with Crippen LogP contribution >= 0.6 is 0 Å². The maximum Gasteiger partial charge on any atom is 0.178 e. The van der Waals surface area contributed by atoms with E-state index in [1.807, 2.05) is 25.4 Å². The van der Waals surface area contributed by atoms with Crippen LogP contribution < -0.4 is 5.32 Å². The SMILES string of the molecule is CCc1nn(C)cc1NC1CCS(=O)(=O)c2ccccc21. The van der Waals surface area contributed by atoms with Crippen molar-refractivity contribution in [1.82, 2.24) is 9.78 Å². The molecule has 3 rings (SSSR count). The Morgan fingerprint density at radius 2 is 2.14 bits per heavy atom. The number of rotatable bonds is 3. The van der Waals surface area contributed by atoms with E-state index in [1.165, 1.54) is 0 Å². The molecular weight excluding hydrogens is 286 g/mol. The molecule has 1 aliphatic heterocycles. The van der Waals surface area contributed by atoms with Gasteiger partial charge in [0, 0.05) is 13.2 Å². The first kappa shape index (κ1) is 14.1. The van der Waals surface area contributed by atoms with Crippen molar-refractivity contribution >= 4 is 15.5 Å². The van der Waals surface area contributed by atoms with Crippen molar-refractivity contribution in [2.45, 2.75) is 30.7 Å². The van der Waals surface area contributed by atoms with Crippen LogP contribution in [0.1, 0.15) is 30.6 Å². The zero-order valence-corrected chi connectivity index (χ0v) is 13.0. The molecule has 1 N–H and O–H groups in total. The van der Waals surface area contributed by atoms with Crippen LogP contribution in [0.5, 0.6) is 0 Å². The third-order valence-corrected chi connectivity index (χ3v) is 5.69. The molecule has 112 valence electrons. The van der Waals surface area contributed by atoms with Gasteiger partial charge in [0.1, 0.15) is 0 Å². The van der Waals surface area contributed by atoms with Crippen molar-refractivity contribution in [3.8, 4) is 0 Å². The van der Waals surface area contributed by atoms with E-state index in [0.717, 1.165) is 23.4 Å². The fourth-order valence-electron chi connectivity index (χ4n) is 2.84. The number of sulfone groups is 1. The summed E-state index contributed by atoms with van der Waals surface area (Å²) < 4.78 is 26.1. The van der Waals surface area contributed by atoms with Gasteiger partial charge >= 0.3 is 0 Å². The van der Waals surface area contributed by atoms with Crippen molar-refractivity contribution in [2.75, 3.05) is 11.1 Å². The Hall–Kier alpha value is -1.82. The Balaban J connectivity index is 1.97. The standard InChI is InChI=1S/C15H19N3O2S/c1-3-12-14(10-18(2)17-12)16-13-8-9-21(19,20)15-7-5-4-6-11(13)15/h4-7,10,13,16H,3,8-9H2,1-2H3. The number of hydrogen-bond donors (Lipinski definition) is 1. The van der Waals surface area contributed by atoms with Crippen molar-refractivity contribution in [2.24, 2.45) is 7.05 Å². The number of benzene rings is 1. The number of aryl methyl sites for hydroxylation is 2. The summed E-state index contributed by atoms with van der Waals surface area (Å²) in [6, 6.07) is 7.27. The van der Waals surface area contributed by atoms with E-state index in [-0.39, 0.29) is 11.8 Å². The average molecular weight is 305 g/mol. The fourth-order valence-corrected chi connectivity index (χ4v) is 4.47. The van der Waals surface area contributed by atoms with Gasteiger partial charge < -0.3 is 5.32 Å². The maximum atomic E-state index is 12.2. The Morgan fingerprint density at radius 3 is 2.90 bits per heavy atom. The third-order valence-electron chi connectivity index (χ3n) is 3.87. The maximum absolute atomic E-state index is 12.2. The Kier molecular flexibility index (Phi) is 3.49. The molecule has 0 bridgehead atoms. The zero-order valence-electron chi connectivity index (χ0n) is 12.2. The molecule has 5 nitrogen and oxygen atoms in total. The van der Waals surface area contributed by atoms with Crippen LogP contribution in [0.25, 0.3) is 0 Å². The van der Waals surface area contributed by atoms with Crippen molar-refractivity contribution in [3.63, 3.8) is 0 Å². The molecule has 0 saturated carbocycles. The number of nitrogens with one attached hydrogen (secondary N) is 1. The molecule has 0 saturated heterocycles. The van der Waals surface area contributed by atoms with Gasteiger partial charge in [-0.2, -0.15) is 5.10 Å². The topological polar surface area (TPSA) is 64.0 Å². The average Bonchev–Trinajstić information content (AvgIpc) is 2.82. The number of anilines is 1. The highest BCUT2D eigenvalue weighted by Gasteiger charge is 2.30. The predicted octanol–water partition coefficient (Wildman–Crippen LogP) is 2.31. The molecule has 0 amide bonds. The zero-order chi connectivity index (χ0) is 15.0. The Bertz CT molecular complexity index is 765. The summed E-state index contributed by atoms with van der Waals surface area (Å²) >= 11 is 0. The number of fused-ring (bicyclic) bond motifs is 1. The molecule has 0 radical (unpaired) electrons. The number of nitrogens with zero attached hydrogens (tertiary/aromatic N) is 2. The lowest BCUT2D eigenvalue weighted by molar-refractivity contribution is 0.576. The molecule has 1 aromatic carbocycles. The summed E-state index contributed by atoms with van der Waals surface area (Å²) in [5.41, 5.74) is 2.84. The smallest absolute Gasteiger partial charge is 0.178 e. The second kappa shape index (κ2) is 5.18. The van der Waals surface area contributed by atoms with Gasteiger partial charge in [-0.25, -0.2) is 8.42 Å².